The number of nitrogens with zero attached hydrogens (tertiary/aromatic N) is 1. The normalized spacial score (nSPS) is 21.9. The van der Waals surface area contributed by atoms with Gasteiger partial charge in [0.2, 0.25) is 5.91 Å². The van der Waals surface area contributed by atoms with Crippen molar-refractivity contribution in [1.29, 1.82) is 0 Å². The van der Waals surface area contributed by atoms with E-state index in [0.717, 1.165) is 18.5 Å². The lowest BCUT2D eigenvalue weighted by atomic mass is 10.2. The predicted octanol–water partition coefficient (Wildman–Crippen LogP) is 0.600. The highest BCUT2D eigenvalue weighted by atomic mass is 16.3. The first-order valence-corrected chi connectivity index (χ1v) is 4.77. The highest BCUT2D eigenvalue weighted by molar-refractivity contribution is 5.83. The van der Waals surface area contributed by atoms with Gasteiger partial charge in [0.15, 0.2) is 0 Å². The molecule has 4 nitrogen and oxygen atoms in total. The second-order valence-electron chi connectivity index (χ2n) is 3.61. The van der Waals surface area contributed by atoms with Crippen LogP contribution in [0.2, 0.25) is 0 Å². The number of likely N-dealkylation sites (tertiary alicyclic amines) is 1. The molecule has 1 atom stereocenters. The predicted molar refractivity (Wildman–Crippen MR) is 51.6 cm³/mol. The van der Waals surface area contributed by atoms with Gasteiger partial charge in [0.05, 0.1) is 18.6 Å². The summed E-state index contributed by atoms with van der Waals surface area (Å²) in [5.74, 6) is 0.188. The lowest BCUT2D eigenvalue weighted by Gasteiger charge is -2.10. The van der Waals surface area contributed by atoms with Crippen LogP contribution in [0.15, 0.2) is 23.0 Å². The van der Waals surface area contributed by atoms with Crippen LogP contribution in [0.4, 0.5) is 0 Å². The number of furan rings is 1. The van der Waals surface area contributed by atoms with Gasteiger partial charge in [0.25, 0.3) is 0 Å². The van der Waals surface area contributed by atoms with Crippen LogP contribution in [0, 0.1) is 0 Å². The minimum absolute atomic E-state index is 0.0186. The molecule has 1 fully saturated rings. The zero-order chi connectivity index (χ0) is 9.97. The first-order chi connectivity index (χ1) is 6.77. The lowest BCUT2D eigenvalue weighted by Crippen LogP contribution is -2.36. The van der Waals surface area contributed by atoms with Crippen LogP contribution in [0.3, 0.4) is 0 Å². The summed E-state index contributed by atoms with van der Waals surface area (Å²) in [5.41, 5.74) is 1.08. The van der Waals surface area contributed by atoms with E-state index in [1.165, 1.54) is 0 Å². The molecule has 1 N–H and O–H groups in total. The monoisotopic (exact) mass is 194 g/mol. The first-order valence-electron chi connectivity index (χ1n) is 4.77. The molecule has 1 aliphatic rings. The average Bonchev–Trinajstić information content (AvgIpc) is 2.77. The molecular formula is C10H14N2O2. The molecular weight excluding hydrogens is 180 g/mol. The number of carbonyl (C=O) groups excluding carboxylic acids is 1. The Bertz CT molecular complexity index is 308. The first kappa shape index (κ1) is 9.27. The van der Waals surface area contributed by atoms with Gasteiger partial charge in [-0.1, -0.05) is 0 Å². The lowest BCUT2D eigenvalue weighted by molar-refractivity contribution is -0.128. The molecule has 0 radical (unpaired) electrons. The van der Waals surface area contributed by atoms with Gasteiger partial charge in [-0.05, 0) is 12.5 Å². The third-order valence-corrected chi connectivity index (χ3v) is 2.56. The summed E-state index contributed by atoms with van der Waals surface area (Å²) in [4.78, 5) is 13.3. The number of likely N-dealkylation sites (N-methyl/N-ethyl adjacent to an activating group) is 1. The second-order valence-corrected chi connectivity index (χ2v) is 3.61. The van der Waals surface area contributed by atoms with Crippen LogP contribution in [-0.2, 0) is 11.3 Å². The summed E-state index contributed by atoms with van der Waals surface area (Å²) in [6.45, 7) is 1.54. The van der Waals surface area contributed by atoms with Gasteiger partial charge in [-0.3, -0.25) is 4.79 Å². The molecule has 1 unspecified atom stereocenters. The molecule has 1 aliphatic heterocycles. The van der Waals surface area contributed by atoms with E-state index in [1.54, 1.807) is 17.4 Å². The van der Waals surface area contributed by atoms with Gasteiger partial charge in [-0.2, -0.15) is 0 Å². The molecule has 0 aliphatic carbocycles. The molecule has 76 valence electrons. The second kappa shape index (κ2) is 3.84. The third kappa shape index (κ3) is 1.80. The Kier molecular flexibility index (Phi) is 2.54. The third-order valence-electron chi connectivity index (χ3n) is 2.56. The Morgan fingerprint density at radius 3 is 3.14 bits per heavy atom. The highest BCUT2D eigenvalue weighted by Crippen LogP contribution is 2.09. The van der Waals surface area contributed by atoms with Crippen LogP contribution >= 0.6 is 0 Å². The van der Waals surface area contributed by atoms with Crippen molar-refractivity contribution >= 4 is 5.91 Å². The Balaban J connectivity index is 1.84. The van der Waals surface area contributed by atoms with E-state index in [0.29, 0.717) is 6.54 Å². The molecule has 0 saturated carbocycles. The summed E-state index contributed by atoms with van der Waals surface area (Å²) in [6.07, 6.45) is 4.23. The topological polar surface area (TPSA) is 45.5 Å². The van der Waals surface area contributed by atoms with Crippen molar-refractivity contribution in [2.45, 2.75) is 19.0 Å². The van der Waals surface area contributed by atoms with E-state index in [4.69, 9.17) is 4.42 Å². The van der Waals surface area contributed by atoms with Gasteiger partial charge >= 0.3 is 0 Å². The minimum atomic E-state index is -0.0186. The van der Waals surface area contributed by atoms with Crippen LogP contribution in [0.25, 0.3) is 0 Å². The molecule has 1 saturated heterocycles. The van der Waals surface area contributed by atoms with Crippen LogP contribution in [0.5, 0.6) is 0 Å². The summed E-state index contributed by atoms with van der Waals surface area (Å²) in [5, 5.41) is 3.21. The number of hydrogen-bond donors (Lipinski definition) is 1. The molecule has 1 aromatic heterocycles. The maximum absolute atomic E-state index is 11.5. The minimum Gasteiger partial charge on any atom is -0.472 e. The molecule has 0 spiro atoms. The van der Waals surface area contributed by atoms with E-state index < -0.39 is 0 Å². The SMILES string of the molecule is CN1CCC(NCc2ccoc2)C1=O. The maximum atomic E-state index is 11.5. The van der Waals surface area contributed by atoms with Gasteiger partial charge < -0.3 is 14.6 Å². The van der Waals surface area contributed by atoms with Gasteiger partial charge in [-0.15, -0.1) is 0 Å². The van der Waals surface area contributed by atoms with Crippen molar-refractivity contribution in [3.8, 4) is 0 Å². The molecule has 2 rings (SSSR count). The zero-order valence-corrected chi connectivity index (χ0v) is 8.19. The molecule has 0 bridgehead atoms. The average molecular weight is 194 g/mol. The van der Waals surface area contributed by atoms with E-state index in [1.807, 2.05) is 13.1 Å². The fourth-order valence-corrected chi connectivity index (χ4v) is 1.65. The van der Waals surface area contributed by atoms with E-state index >= 15 is 0 Å². The summed E-state index contributed by atoms with van der Waals surface area (Å²) in [6, 6.07) is 1.88. The van der Waals surface area contributed by atoms with E-state index in [9.17, 15) is 4.79 Å². The zero-order valence-electron chi connectivity index (χ0n) is 8.19. The number of rotatable bonds is 3. The standard InChI is InChI=1S/C10H14N2O2/c1-12-4-2-9(10(12)13)11-6-8-3-5-14-7-8/h3,5,7,9,11H,2,4,6H2,1H3. The molecule has 4 heteroatoms. The Hall–Kier alpha value is -1.29. The smallest absolute Gasteiger partial charge is 0.239 e. The van der Waals surface area contributed by atoms with Crippen molar-refractivity contribution in [2.24, 2.45) is 0 Å². The molecule has 1 aromatic rings. The van der Waals surface area contributed by atoms with E-state index in [-0.39, 0.29) is 11.9 Å². The molecule has 0 aromatic carbocycles. The van der Waals surface area contributed by atoms with Crippen molar-refractivity contribution in [2.75, 3.05) is 13.6 Å². The number of carbonyl (C=O) groups is 1. The Labute approximate surface area is 82.9 Å². The number of amides is 1. The van der Waals surface area contributed by atoms with Gasteiger partial charge in [0.1, 0.15) is 0 Å². The summed E-state index contributed by atoms with van der Waals surface area (Å²) < 4.78 is 4.94. The fraction of sp³-hybridized carbons (Fsp3) is 0.500. The van der Waals surface area contributed by atoms with Crippen molar-refractivity contribution < 1.29 is 9.21 Å². The van der Waals surface area contributed by atoms with Crippen LogP contribution in [0.1, 0.15) is 12.0 Å². The van der Waals surface area contributed by atoms with Gasteiger partial charge in [0, 0.05) is 25.7 Å². The highest BCUT2D eigenvalue weighted by Gasteiger charge is 2.28. The summed E-state index contributed by atoms with van der Waals surface area (Å²) >= 11 is 0. The van der Waals surface area contributed by atoms with Crippen molar-refractivity contribution in [3.63, 3.8) is 0 Å². The fourth-order valence-electron chi connectivity index (χ4n) is 1.65. The quantitative estimate of drug-likeness (QED) is 0.766. The van der Waals surface area contributed by atoms with Gasteiger partial charge in [-0.25, -0.2) is 0 Å². The largest absolute Gasteiger partial charge is 0.472 e. The maximum Gasteiger partial charge on any atom is 0.239 e. The van der Waals surface area contributed by atoms with Crippen LogP contribution < -0.4 is 5.32 Å². The summed E-state index contributed by atoms with van der Waals surface area (Å²) in [7, 11) is 1.84. The molecule has 1 amide bonds. The van der Waals surface area contributed by atoms with E-state index in [2.05, 4.69) is 5.32 Å². The Morgan fingerprint density at radius 2 is 2.57 bits per heavy atom. The van der Waals surface area contributed by atoms with Crippen LogP contribution in [-0.4, -0.2) is 30.4 Å². The number of nitrogens with one attached hydrogen (secondary N) is 1. The number of hydrogen-bond acceptors (Lipinski definition) is 3. The van der Waals surface area contributed by atoms with Crippen molar-refractivity contribution in [1.82, 2.24) is 10.2 Å². The molecule has 14 heavy (non-hydrogen) atoms. The molecule has 2 heterocycles. The Morgan fingerprint density at radius 1 is 1.71 bits per heavy atom. The van der Waals surface area contributed by atoms with Crippen molar-refractivity contribution in [3.05, 3.63) is 24.2 Å².